The molecule has 0 radical (unpaired) electrons. The Labute approximate surface area is 198 Å². The van der Waals surface area contributed by atoms with E-state index in [1.54, 1.807) is 36.4 Å². The maximum absolute atomic E-state index is 13.2. The summed E-state index contributed by atoms with van der Waals surface area (Å²) in [6.45, 7) is 2.57. The number of benzene rings is 1. The van der Waals surface area contributed by atoms with Gasteiger partial charge in [-0.05, 0) is 43.9 Å². The van der Waals surface area contributed by atoms with Crippen molar-refractivity contribution >= 4 is 38.3 Å². The first-order chi connectivity index (χ1) is 16.4. The third kappa shape index (κ3) is 4.23. The lowest BCUT2D eigenvalue weighted by Crippen LogP contribution is -2.45. The Morgan fingerprint density at radius 2 is 1.76 bits per heavy atom. The fraction of sp³-hybridized carbons (Fsp3) is 0.417. The Bertz CT molecular complexity index is 1280. The lowest BCUT2D eigenvalue weighted by molar-refractivity contribution is -0.140. The van der Waals surface area contributed by atoms with E-state index in [4.69, 9.17) is 10.5 Å². The summed E-state index contributed by atoms with van der Waals surface area (Å²) in [6, 6.07) is 10.2. The number of nitrogens with two attached hydrogens (primary N) is 1. The molecule has 1 aliphatic carbocycles. The van der Waals surface area contributed by atoms with Gasteiger partial charge in [0, 0.05) is 36.6 Å². The fourth-order valence-corrected chi connectivity index (χ4v) is 6.19. The van der Waals surface area contributed by atoms with Crippen LogP contribution in [0.2, 0.25) is 0 Å². The number of nitrogens with one attached hydrogen (secondary N) is 1. The molecular weight excluding hydrogens is 454 g/mol. The molecule has 1 saturated carbocycles. The van der Waals surface area contributed by atoms with Crippen LogP contribution in [0.1, 0.15) is 25.7 Å². The third-order valence-corrected chi connectivity index (χ3v) is 8.44. The molecule has 3 heterocycles. The van der Waals surface area contributed by atoms with Gasteiger partial charge in [0.05, 0.1) is 35.7 Å². The lowest BCUT2D eigenvalue weighted by atomic mass is 9.85. The van der Waals surface area contributed by atoms with Crippen LogP contribution in [0.3, 0.4) is 0 Å². The molecule has 34 heavy (non-hydrogen) atoms. The van der Waals surface area contributed by atoms with E-state index in [0.29, 0.717) is 48.7 Å². The number of morpholine rings is 1. The maximum Gasteiger partial charge on any atom is 0.269 e. The smallest absolute Gasteiger partial charge is 0.269 e. The first-order valence-corrected chi connectivity index (χ1v) is 13.1. The van der Waals surface area contributed by atoms with Gasteiger partial charge in [0.2, 0.25) is 5.91 Å². The number of hydrogen-bond donors (Lipinski definition) is 2. The predicted octanol–water partition coefficient (Wildman–Crippen LogP) is 2.69. The maximum atomic E-state index is 13.2. The molecule has 0 atom stereocenters. The van der Waals surface area contributed by atoms with Crippen molar-refractivity contribution < 1.29 is 17.9 Å². The molecule has 9 nitrogen and oxygen atoms in total. The van der Waals surface area contributed by atoms with Crippen molar-refractivity contribution in [1.82, 2.24) is 13.9 Å². The molecule has 1 saturated heterocycles. The van der Waals surface area contributed by atoms with Gasteiger partial charge < -0.3 is 20.7 Å². The van der Waals surface area contributed by atoms with Crippen molar-refractivity contribution in [2.24, 2.45) is 5.92 Å². The monoisotopic (exact) mass is 483 g/mol. The van der Waals surface area contributed by atoms with Gasteiger partial charge in [0.25, 0.3) is 10.0 Å². The predicted molar refractivity (Wildman–Crippen MR) is 130 cm³/mol. The number of ether oxygens (including phenoxy) is 1. The summed E-state index contributed by atoms with van der Waals surface area (Å²) in [5.41, 5.74) is 7.74. The first-order valence-electron chi connectivity index (χ1n) is 11.6. The number of hydrogen-bond acceptors (Lipinski definition) is 7. The first kappa shape index (κ1) is 22.7. The summed E-state index contributed by atoms with van der Waals surface area (Å²) >= 11 is 0. The molecular formula is C24H29N5O4S. The van der Waals surface area contributed by atoms with Crippen LogP contribution in [0.4, 0.5) is 11.4 Å². The van der Waals surface area contributed by atoms with E-state index in [-0.39, 0.29) is 22.8 Å². The van der Waals surface area contributed by atoms with Gasteiger partial charge in [-0.3, -0.25) is 4.79 Å². The minimum absolute atomic E-state index is 0.0445. The Morgan fingerprint density at radius 1 is 1.06 bits per heavy atom. The Kier molecular flexibility index (Phi) is 6.18. The second-order valence-electron chi connectivity index (χ2n) is 8.89. The van der Waals surface area contributed by atoms with Crippen LogP contribution in [0.5, 0.6) is 0 Å². The molecule has 2 aromatic heterocycles. The number of nitrogens with zero attached hydrogens (tertiary/aromatic N) is 3. The van der Waals surface area contributed by atoms with Crippen LogP contribution in [0.15, 0.2) is 53.7 Å². The molecule has 1 aliphatic heterocycles. The quantitative estimate of drug-likeness (QED) is 0.573. The molecule has 0 bridgehead atoms. The van der Waals surface area contributed by atoms with Crippen LogP contribution < -0.4 is 11.1 Å². The Morgan fingerprint density at radius 3 is 2.47 bits per heavy atom. The van der Waals surface area contributed by atoms with Crippen molar-refractivity contribution in [1.29, 1.82) is 0 Å². The molecule has 3 N–H and O–H groups in total. The summed E-state index contributed by atoms with van der Waals surface area (Å²) in [5, 5.41) is 4.18. The van der Waals surface area contributed by atoms with E-state index in [1.807, 2.05) is 4.90 Å². The van der Waals surface area contributed by atoms with Crippen molar-refractivity contribution in [3.63, 3.8) is 0 Å². The van der Waals surface area contributed by atoms with Gasteiger partial charge in [0.1, 0.15) is 0 Å². The van der Waals surface area contributed by atoms with Crippen molar-refractivity contribution in [3.8, 4) is 0 Å². The van der Waals surface area contributed by atoms with Crippen LogP contribution in [-0.2, 0) is 19.6 Å². The van der Waals surface area contributed by atoms with Crippen LogP contribution in [-0.4, -0.2) is 60.5 Å². The molecule has 1 aromatic carbocycles. The van der Waals surface area contributed by atoms with Crippen molar-refractivity contribution in [2.45, 2.75) is 36.6 Å². The Balaban J connectivity index is 1.33. The molecule has 1 amide bonds. The van der Waals surface area contributed by atoms with E-state index in [9.17, 15) is 13.2 Å². The van der Waals surface area contributed by atoms with Gasteiger partial charge in [-0.2, -0.15) is 0 Å². The number of fused-ring (bicyclic) bond motifs is 1. The van der Waals surface area contributed by atoms with Crippen molar-refractivity contribution in [2.75, 3.05) is 37.4 Å². The van der Waals surface area contributed by atoms with Crippen LogP contribution in [0, 0.1) is 5.92 Å². The summed E-state index contributed by atoms with van der Waals surface area (Å²) < 4.78 is 32.9. The number of pyridine rings is 1. The molecule has 10 heteroatoms. The summed E-state index contributed by atoms with van der Waals surface area (Å²) in [6.07, 6.45) is 6.31. The average Bonchev–Trinajstić information content (AvgIpc) is 3.32. The molecule has 5 rings (SSSR count). The highest BCUT2D eigenvalue weighted by Gasteiger charge is 2.31. The topological polar surface area (TPSA) is 120 Å². The number of aromatic nitrogens is 2. The van der Waals surface area contributed by atoms with Gasteiger partial charge in [0.15, 0.2) is 5.65 Å². The van der Waals surface area contributed by atoms with E-state index < -0.39 is 10.0 Å². The van der Waals surface area contributed by atoms with Gasteiger partial charge in [-0.1, -0.05) is 18.2 Å². The fourth-order valence-electron chi connectivity index (χ4n) is 4.87. The van der Waals surface area contributed by atoms with Gasteiger partial charge >= 0.3 is 0 Å². The zero-order valence-corrected chi connectivity index (χ0v) is 19.7. The highest BCUT2D eigenvalue weighted by atomic mass is 32.2. The van der Waals surface area contributed by atoms with Gasteiger partial charge in [-0.15, -0.1) is 0 Å². The molecule has 0 spiro atoms. The minimum Gasteiger partial charge on any atom is -0.396 e. The summed E-state index contributed by atoms with van der Waals surface area (Å²) in [5.74, 6) is 0.277. The number of carbonyl (C=O) groups is 1. The van der Waals surface area contributed by atoms with Gasteiger partial charge in [-0.25, -0.2) is 17.4 Å². The third-order valence-electron chi connectivity index (χ3n) is 6.76. The van der Waals surface area contributed by atoms with E-state index in [1.165, 1.54) is 16.4 Å². The molecule has 2 aliphatic rings. The van der Waals surface area contributed by atoms with E-state index in [0.717, 1.165) is 25.7 Å². The Hall–Kier alpha value is -3.11. The molecule has 0 unspecified atom stereocenters. The van der Waals surface area contributed by atoms with E-state index in [2.05, 4.69) is 10.3 Å². The van der Waals surface area contributed by atoms with Crippen LogP contribution >= 0.6 is 0 Å². The number of rotatable bonds is 5. The van der Waals surface area contributed by atoms with E-state index >= 15 is 0 Å². The summed E-state index contributed by atoms with van der Waals surface area (Å²) in [4.78, 5) is 19.3. The molecule has 180 valence electrons. The second kappa shape index (κ2) is 9.27. The zero-order valence-electron chi connectivity index (χ0n) is 18.9. The highest BCUT2D eigenvalue weighted by Crippen LogP contribution is 2.34. The number of amides is 1. The van der Waals surface area contributed by atoms with Crippen LogP contribution in [0.25, 0.3) is 11.0 Å². The lowest BCUT2D eigenvalue weighted by Gasteiger charge is -2.34. The second-order valence-corrected chi connectivity index (χ2v) is 10.7. The normalized spacial score (nSPS) is 21.5. The highest BCUT2D eigenvalue weighted by molar-refractivity contribution is 7.90. The number of anilines is 2. The minimum atomic E-state index is -3.78. The summed E-state index contributed by atoms with van der Waals surface area (Å²) in [7, 11) is -3.78. The standard InChI is InChI=1S/C24H29N5O4S/c25-21-16-26-23-20(10-11-29(23)34(31,32)19-4-2-1-3-5-19)22(21)27-18-8-6-17(7-9-18)24(30)28-12-14-33-15-13-28/h1-5,10-11,16-18H,6-9,12-15,25H2,(H,26,27). The molecule has 2 fully saturated rings. The SMILES string of the molecule is Nc1cnc2c(ccn2S(=O)(=O)c2ccccc2)c1NC1CCC(C(=O)N2CCOCC2)CC1. The molecule has 3 aromatic rings. The average molecular weight is 484 g/mol. The largest absolute Gasteiger partial charge is 0.396 e. The van der Waals surface area contributed by atoms with Crippen molar-refractivity contribution in [3.05, 3.63) is 48.8 Å². The number of nitrogen functional groups attached to an aromatic ring is 1. The number of carbonyl (C=O) groups excluding carboxylic acids is 1. The zero-order chi connectivity index (χ0) is 23.7.